The van der Waals surface area contributed by atoms with Crippen LogP contribution in [0.3, 0.4) is 0 Å². The van der Waals surface area contributed by atoms with E-state index in [1.165, 1.54) is 6.26 Å². The average molecular weight is 268 g/mol. The highest BCUT2D eigenvalue weighted by atomic mass is 32.2. The number of sulfonamides is 1. The Morgan fingerprint density at radius 3 is 2.44 bits per heavy atom. The highest BCUT2D eigenvalue weighted by molar-refractivity contribution is 7.92. The molecule has 1 saturated carbocycles. The maximum atomic E-state index is 11.4. The number of benzene rings is 1. The van der Waals surface area contributed by atoms with E-state index in [9.17, 15) is 8.42 Å². The molecule has 5 heteroatoms. The standard InChI is InChI=1S/C13H20N2O2S/c1-18(16,17)15-12-7-3-2-6-11(12)13(10-14)8-4-5-9-13/h2-3,6-7,15H,4-5,8-10,14H2,1H3. The number of hydrogen-bond donors (Lipinski definition) is 2. The molecule has 1 aliphatic rings. The molecule has 1 aromatic carbocycles. The molecular weight excluding hydrogens is 248 g/mol. The minimum Gasteiger partial charge on any atom is -0.330 e. The van der Waals surface area contributed by atoms with E-state index < -0.39 is 10.0 Å². The highest BCUT2D eigenvalue weighted by Gasteiger charge is 2.36. The molecule has 100 valence electrons. The van der Waals surface area contributed by atoms with Crippen molar-refractivity contribution in [2.45, 2.75) is 31.1 Å². The van der Waals surface area contributed by atoms with Gasteiger partial charge in [-0.25, -0.2) is 8.42 Å². The molecule has 3 N–H and O–H groups in total. The van der Waals surface area contributed by atoms with Gasteiger partial charge in [-0.15, -0.1) is 0 Å². The smallest absolute Gasteiger partial charge is 0.229 e. The van der Waals surface area contributed by atoms with Gasteiger partial charge in [0.15, 0.2) is 0 Å². The fourth-order valence-corrected chi connectivity index (χ4v) is 3.45. The molecule has 1 fully saturated rings. The maximum Gasteiger partial charge on any atom is 0.229 e. The van der Waals surface area contributed by atoms with Crippen molar-refractivity contribution in [2.24, 2.45) is 5.73 Å². The van der Waals surface area contributed by atoms with Gasteiger partial charge < -0.3 is 5.73 Å². The van der Waals surface area contributed by atoms with Crippen LogP contribution in [0.2, 0.25) is 0 Å². The fourth-order valence-electron chi connectivity index (χ4n) is 2.87. The predicted octanol–water partition coefficient (Wildman–Crippen LogP) is 1.83. The maximum absolute atomic E-state index is 11.4. The molecule has 0 radical (unpaired) electrons. The minimum absolute atomic E-state index is 0.0612. The van der Waals surface area contributed by atoms with E-state index in [2.05, 4.69) is 4.72 Å². The summed E-state index contributed by atoms with van der Waals surface area (Å²) in [4.78, 5) is 0. The lowest BCUT2D eigenvalue weighted by Crippen LogP contribution is -2.33. The van der Waals surface area contributed by atoms with Gasteiger partial charge in [-0.2, -0.15) is 0 Å². The molecule has 0 spiro atoms. The summed E-state index contributed by atoms with van der Waals surface area (Å²) in [6.45, 7) is 0.565. The lowest BCUT2D eigenvalue weighted by atomic mass is 9.78. The molecule has 0 atom stereocenters. The Morgan fingerprint density at radius 2 is 1.89 bits per heavy atom. The van der Waals surface area contributed by atoms with Crippen molar-refractivity contribution in [2.75, 3.05) is 17.5 Å². The fraction of sp³-hybridized carbons (Fsp3) is 0.538. The summed E-state index contributed by atoms with van der Waals surface area (Å²) in [6, 6.07) is 7.59. The Morgan fingerprint density at radius 1 is 1.28 bits per heavy atom. The van der Waals surface area contributed by atoms with Crippen molar-refractivity contribution in [3.8, 4) is 0 Å². The van der Waals surface area contributed by atoms with Crippen molar-refractivity contribution in [1.82, 2.24) is 0 Å². The first-order valence-electron chi connectivity index (χ1n) is 6.24. The van der Waals surface area contributed by atoms with Crippen LogP contribution in [0.15, 0.2) is 24.3 Å². The molecule has 1 aromatic rings. The highest BCUT2D eigenvalue weighted by Crippen LogP contribution is 2.43. The summed E-state index contributed by atoms with van der Waals surface area (Å²) < 4.78 is 25.4. The zero-order valence-corrected chi connectivity index (χ0v) is 11.5. The second kappa shape index (κ2) is 4.90. The van der Waals surface area contributed by atoms with Crippen LogP contribution in [0.5, 0.6) is 0 Å². The van der Waals surface area contributed by atoms with Crippen LogP contribution in [0.1, 0.15) is 31.2 Å². The van der Waals surface area contributed by atoms with Crippen LogP contribution in [0.25, 0.3) is 0 Å². The minimum atomic E-state index is -3.26. The molecule has 0 unspecified atom stereocenters. The molecule has 0 amide bonds. The number of para-hydroxylation sites is 1. The topological polar surface area (TPSA) is 72.2 Å². The molecule has 1 aliphatic carbocycles. The van der Waals surface area contributed by atoms with Crippen LogP contribution < -0.4 is 10.5 Å². The van der Waals surface area contributed by atoms with Gasteiger partial charge >= 0.3 is 0 Å². The molecule has 2 rings (SSSR count). The van der Waals surface area contributed by atoms with E-state index in [0.29, 0.717) is 12.2 Å². The molecule has 4 nitrogen and oxygen atoms in total. The van der Waals surface area contributed by atoms with Gasteiger partial charge in [-0.1, -0.05) is 31.0 Å². The van der Waals surface area contributed by atoms with E-state index >= 15 is 0 Å². The second-order valence-corrected chi connectivity index (χ2v) is 6.86. The lowest BCUT2D eigenvalue weighted by Gasteiger charge is -2.30. The normalized spacial score (nSPS) is 18.8. The average Bonchev–Trinajstić information content (AvgIpc) is 2.77. The van der Waals surface area contributed by atoms with E-state index in [1.807, 2.05) is 24.3 Å². The van der Waals surface area contributed by atoms with E-state index in [0.717, 1.165) is 31.2 Å². The summed E-state index contributed by atoms with van der Waals surface area (Å²) in [5.41, 5.74) is 7.61. The third-order valence-corrected chi connectivity index (χ3v) is 4.34. The van der Waals surface area contributed by atoms with Crippen LogP contribution in [0, 0.1) is 0 Å². The third-order valence-electron chi connectivity index (χ3n) is 3.75. The first kappa shape index (κ1) is 13.4. The van der Waals surface area contributed by atoms with Gasteiger partial charge in [0, 0.05) is 12.0 Å². The number of rotatable bonds is 4. The summed E-state index contributed by atoms with van der Waals surface area (Å²) in [6.07, 6.45) is 5.56. The number of hydrogen-bond acceptors (Lipinski definition) is 3. The van der Waals surface area contributed by atoms with E-state index in [-0.39, 0.29) is 5.41 Å². The monoisotopic (exact) mass is 268 g/mol. The predicted molar refractivity (Wildman–Crippen MR) is 74.1 cm³/mol. The van der Waals surface area contributed by atoms with Crippen LogP contribution in [0.4, 0.5) is 5.69 Å². The molecule has 0 heterocycles. The Bertz CT molecular complexity index is 520. The number of anilines is 1. The van der Waals surface area contributed by atoms with Crippen molar-refractivity contribution >= 4 is 15.7 Å². The Kier molecular flexibility index (Phi) is 3.64. The first-order chi connectivity index (χ1) is 8.47. The van der Waals surface area contributed by atoms with Gasteiger partial charge in [0.1, 0.15) is 0 Å². The Labute approximate surface area is 109 Å². The number of nitrogens with two attached hydrogens (primary N) is 1. The second-order valence-electron chi connectivity index (χ2n) is 5.11. The lowest BCUT2D eigenvalue weighted by molar-refractivity contribution is 0.454. The van der Waals surface area contributed by atoms with Gasteiger partial charge in [-0.3, -0.25) is 4.72 Å². The van der Waals surface area contributed by atoms with Crippen LogP contribution in [-0.2, 0) is 15.4 Å². The SMILES string of the molecule is CS(=O)(=O)Nc1ccccc1C1(CN)CCCC1. The summed E-state index contributed by atoms with van der Waals surface area (Å²) in [5.74, 6) is 0. The summed E-state index contributed by atoms with van der Waals surface area (Å²) in [7, 11) is -3.26. The Balaban J connectivity index is 2.44. The van der Waals surface area contributed by atoms with E-state index in [4.69, 9.17) is 5.73 Å². The quantitative estimate of drug-likeness (QED) is 0.875. The summed E-state index contributed by atoms with van der Waals surface area (Å²) in [5, 5.41) is 0. The van der Waals surface area contributed by atoms with Crippen LogP contribution >= 0.6 is 0 Å². The summed E-state index contributed by atoms with van der Waals surface area (Å²) >= 11 is 0. The Hall–Kier alpha value is -1.07. The molecular formula is C13H20N2O2S. The van der Waals surface area contributed by atoms with Gasteiger partial charge in [0.05, 0.1) is 11.9 Å². The van der Waals surface area contributed by atoms with Gasteiger partial charge in [0.25, 0.3) is 0 Å². The largest absolute Gasteiger partial charge is 0.330 e. The molecule has 0 aliphatic heterocycles. The third kappa shape index (κ3) is 2.67. The zero-order valence-electron chi connectivity index (χ0n) is 10.6. The molecule has 18 heavy (non-hydrogen) atoms. The van der Waals surface area contributed by atoms with Crippen molar-refractivity contribution in [3.63, 3.8) is 0 Å². The van der Waals surface area contributed by atoms with Crippen molar-refractivity contribution < 1.29 is 8.42 Å². The van der Waals surface area contributed by atoms with Gasteiger partial charge in [-0.05, 0) is 24.5 Å². The number of nitrogens with one attached hydrogen (secondary N) is 1. The molecule has 0 aromatic heterocycles. The first-order valence-corrected chi connectivity index (χ1v) is 8.13. The molecule has 0 bridgehead atoms. The van der Waals surface area contributed by atoms with Gasteiger partial charge in [0.2, 0.25) is 10.0 Å². The molecule has 0 saturated heterocycles. The van der Waals surface area contributed by atoms with Crippen molar-refractivity contribution in [1.29, 1.82) is 0 Å². The zero-order chi connectivity index (χ0) is 13.2. The van der Waals surface area contributed by atoms with E-state index in [1.54, 1.807) is 0 Å². The van der Waals surface area contributed by atoms with Crippen LogP contribution in [-0.4, -0.2) is 21.2 Å². The van der Waals surface area contributed by atoms with Crippen molar-refractivity contribution in [3.05, 3.63) is 29.8 Å².